The highest BCUT2D eigenvalue weighted by atomic mass is 79.9. The molecule has 0 bridgehead atoms. The van der Waals surface area contributed by atoms with Crippen molar-refractivity contribution in [3.8, 4) is 0 Å². The van der Waals surface area contributed by atoms with Crippen LogP contribution in [-0.2, 0) is 6.54 Å². The van der Waals surface area contributed by atoms with E-state index in [9.17, 15) is 4.39 Å². The molecule has 2 aromatic carbocycles. The average molecular weight is 351 g/mol. The van der Waals surface area contributed by atoms with E-state index < -0.39 is 0 Å². The molecule has 0 aliphatic rings. The number of benzene rings is 2. The smallest absolute Gasteiger partial charge is 0.123 e. The molecule has 0 spiro atoms. The van der Waals surface area contributed by atoms with Crippen molar-refractivity contribution in [1.82, 2.24) is 4.90 Å². The summed E-state index contributed by atoms with van der Waals surface area (Å²) in [4.78, 5) is 2.22. The van der Waals surface area contributed by atoms with E-state index in [1.54, 1.807) is 6.07 Å². The lowest BCUT2D eigenvalue weighted by Crippen LogP contribution is -2.23. The Kier molecular flexibility index (Phi) is 5.91. The van der Waals surface area contributed by atoms with Crippen molar-refractivity contribution >= 4 is 15.9 Å². The van der Waals surface area contributed by atoms with E-state index in [0.29, 0.717) is 0 Å². The molecule has 0 fully saturated rings. The quantitative estimate of drug-likeness (QED) is 0.849. The molecular formula is C17H20BrFN2. The molecule has 2 N–H and O–H groups in total. The van der Waals surface area contributed by atoms with Gasteiger partial charge in [-0.1, -0.05) is 40.2 Å². The van der Waals surface area contributed by atoms with Crippen LogP contribution in [0.25, 0.3) is 0 Å². The summed E-state index contributed by atoms with van der Waals surface area (Å²) < 4.78 is 14.3. The highest BCUT2D eigenvalue weighted by molar-refractivity contribution is 9.10. The molecule has 2 nitrogen and oxygen atoms in total. The number of nitrogens with two attached hydrogens (primary N) is 1. The van der Waals surface area contributed by atoms with Gasteiger partial charge in [-0.05, 0) is 55.4 Å². The summed E-state index contributed by atoms with van der Waals surface area (Å²) >= 11 is 3.48. The minimum Gasteiger partial charge on any atom is -0.324 e. The zero-order chi connectivity index (χ0) is 15.2. The van der Waals surface area contributed by atoms with Gasteiger partial charge >= 0.3 is 0 Å². The van der Waals surface area contributed by atoms with Crippen LogP contribution in [0.3, 0.4) is 0 Å². The maximum Gasteiger partial charge on any atom is 0.123 e. The summed E-state index contributed by atoms with van der Waals surface area (Å²) in [5.41, 5.74) is 8.24. The third-order valence-electron chi connectivity index (χ3n) is 3.44. The van der Waals surface area contributed by atoms with Crippen LogP contribution >= 0.6 is 15.9 Å². The molecule has 0 radical (unpaired) electrons. The Morgan fingerprint density at radius 2 is 1.95 bits per heavy atom. The van der Waals surface area contributed by atoms with Crippen LogP contribution in [0.15, 0.2) is 53.0 Å². The van der Waals surface area contributed by atoms with Crippen LogP contribution in [-0.4, -0.2) is 18.5 Å². The van der Waals surface area contributed by atoms with Crippen molar-refractivity contribution in [2.45, 2.75) is 19.0 Å². The zero-order valence-corrected chi connectivity index (χ0v) is 13.7. The fourth-order valence-corrected chi connectivity index (χ4v) is 2.74. The first kappa shape index (κ1) is 16.1. The fraction of sp³-hybridized carbons (Fsp3) is 0.294. The van der Waals surface area contributed by atoms with Crippen LogP contribution in [0.2, 0.25) is 0 Å². The Balaban J connectivity index is 1.85. The van der Waals surface area contributed by atoms with Crippen LogP contribution in [0, 0.1) is 5.82 Å². The predicted molar refractivity (Wildman–Crippen MR) is 88.4 cm³/mol. The monoisotopic (exact) mass is 350 g/mol. The molecule has 0 saturated carbocycles. The minimum atomic E-state index is -0.231. The van der Waals surface area contributed by atoms with Gasteiger partial charge in [0.15, 0.2) is 0 Å². The SMILES string of the molecule is CN(CCC(N)c1cccc(F)c1)Cc1cccc(Br)c1. The van der Waals surface area contributed by atoms with Crippen molar-refractivity contribution in [3.63, 3.8) is 0 Å². The molecule has 2 rings (SSSR count). The van der Waals surface area contributed by atoms with Crippen LogP contribution in [0.5, 0.6) is 0 Å². The minimum absolute atomic E-state index is 0.134. The predicted octanol–water partition coefficient (Wildman–Crippen LogP) is 4.11. The van der Waals surface area contributed by atoms with E-state index in [4.69, 9.17) is 5.73 Å². The lowest BCUT2D eigenvalue weighted by Gasteiger charge is -2.20. The van der Waals surface area contributed by atoms with Gasteiger partial charge in [-0.2, -0.15) is 0 Å². The fourth-order valence-electron chi connectivity index (χ4n) is 2.29. The van der Waals surface area contributed by atoms with Gasteiger partial charge in [-0.25, -0.2) is 4.39 Å². The van der Waals surface area contributed by atoms with Crippen molar-refractivity contribution in [1.29, 1.82) is 0 Å². The second-order valence-electron chi connectivity index (χ2n) is 5.32. The lowest BCUT2D eigenvalue weighted by molar-refractivity contribution is 0.311. The molecule has 4 heteroatoms. The summed E-state index contributed by atoms with van der Waals surface area (Å²) in [7, 11) is 2.07. The van der Waals surface area contributed by atoms with E-state index in [1.165, 1.54) is 17.7 Å². The van der Waals surface area contributed by atoms with E-state index in [2.05, 4.69) is 40.0 Å². The van der Waals surface area contributed by atoms with Gasteiger partial charge in [-0.15, -0.1) is 0 Å². The molecule has 0 aliphatic heterocycles. The Hall–Kier alpha value is -1.23. The molecule has 0 aliphatic carbocycles. The highest BCUT2D eigenvalue weighted by Crippen LogP contribution is 2.17. The van der Waals surface area contributed by atoms with Gasteiger partial charge in [0, 0.05) is 17.1 Å². The van der Waals surface area contributed by atoms with Crippen LogP contribution < -0.4 is 5.73 Å². The Morgan fingerprint density at radius 1 is 1.19 bits per heavy atom. The molecule has 1 atom stereocenters. The van der Waals surface area contributed by atoms with Gasteiger partial charge in [0.2, 0.25) is 0 Å². The molecule has 2 aromatic rings. The maximum atomic E-state index is 13.2. The first-order chi connectivity index (χ1) is 10.0. The number of rotatable bonds is 6. The molecule has 21 heavy (non-hydrogen) atoms. The number of nitrogens with zero attached hydrogens (tertiary/aromatic N) is 1. The summed E-state index contributed by atoms with van der Waals surface area (Å²) in [6.45, 7) is 1.74. The summed E-state index contributed by atoms with van der Waals surface area (Å²) in [5.74, 6) is -0.231. The first-order valence-electron chi connectivity index (χ1n) is 6.98. The van der Waals surface area contributed by atoms with E-state index in [0.717, 1.165) is 29.5 Å². The Morgan fingerprint density at radius 3 is 2.67 bits per heavy atom. The molecule has 0 aromatic heterocycles. The summed E-state index contributed by atoms with van der Waals surface area (Å²) in [5, 5.41) is 0. The Labute approximate surface area is 133 Å². The number of hydrogen-bond donors (Lipinski definition) is 1. The number of hydrogen-bond acceptors (Lipinski definition) is 2. The molecule has 0 heterocycles. The van der Waals surface area contributed by atoms with E-state index in [1.807, 2.05) is 18.2 Å². The first-order valence-corrected chi connectivity index (χ1v) is 7.78. The van der Waals surface area contributed by atoms with Gasteiger partial charge < -0.3 is 10.6 Å². The van der Waals surface area contributed by atoms with E-state index >= 15 is 0 Å². The molecule has 0 amide bonds. The molecule has 1 unspecified atom stereocenters. The third-order valence-corrected chi connectivity index (χ3v) is 3.93. The van der Waals surface area contributed by atoms with Crippen molar-refractivity contribution in [2.75, 3.05) is 13.6 Å². The summed E-state index contributed by atoms with van der Waals surface area (Å²) in [6, 6.07) is 14.7. The van der Waals surface area contributed by atoms with E-state index in [-0.39, 0.29) is 11.9 Å². The highest BCUT2D eigenvalue weighted by Gasteiger charge is 2.09. The van der Waals surface area contributed by atoms with Gasteiger partial charge in [0.05, 0.1) is 0 Å². The lowest BCUT2D eigenvalue weighted by atomic mass is 10.0. The van der Waals surface area contributed by atoms with Crippen LogP contribution in [0.4, 0.5) is 4.39 Å². The number of halogens is 2. The second kappa shape index (κ2) is 7.69. The normalized spacial score (nSPS) is 12.6. The largest absolute Gasteiger partial charge is 0.324 e. The molecular weight excluding hydrogens is 331 g/mol. The van der Waals surface area contributed by atoms with Crippen molar-refractivity contribution in [3.05, 3.63) is 69.9 Å². The zero-order valence-electron chi connectivity index (χ0n) is 12.1. The standard InChI is InChI=1S/C17H20BrFN2/c1-21(12-13-4-2-6-15(18)10-13)9-8-17(20)14-5-3-7-16(19)11-14/h2-7,10-11,17H,8-9,12,20H2,1H3. The summed E-state index contributed by atoms with van der Waals surface area (Å²) in [6.07, 6.45) is 0.800. The van der Waals surface area contributed by atoms with Crippen LogP contribution in [0.1, 0.15) is 23.6 Å². The molecule has 112 valence electrons. The van der Waals surface area contributed by atoms with Crippen molar-refractivity contribution in [2.24, 2.45) is 5.73 Å². The topological polar surface area (TPSA) is 29.3 Å². The van der Waals surface area contributed by atoms with Gasteiger partial charge in [0.25, 0.3) is 0 Å². The third kappa shape index (κ3) is 5.23. The molecule has 0 saturated heterocycles. The Bertz CT molecular complexity index is 589. The van der Waals surface area contributed by atoms with Gasteiger partial charge in [-0.3, -0.25) is 0 Å². The average Bonchev–Trinajstić information content (AvgIpc) is 2.45. The van der Waals surface area contributed by atoms with Gasteiger partial charge in [0.1, 0.15) is 5.82 Å². The van der Waals surface area contributed by atoms with Crippen molar-refractivity contribution < 1.29 is 4.39 Å². The second-order valence-corrected chi connectivity index (χ2v) is 6.23. The maximum absolute atomic E-state index is 13.2.